The SMILES string of the molecule is CC(C)OC(=O)c1c(NC(=O)c2cc(-c3ccc(OC(F)F)cc3)n[nH]2)sc2c1CCCC2. The van der Waals surface area contributed by atoms with E-state index in [2.05, 4.69) is 20.3 Å². The zero-order valence-electron chi connectivity index (χ0n) is 18.1. The number of nitrogens with zero attached hydrogens (tertiary/aromatic N) is 1. The average molecular weight is 476 g/mol. The summed E-state index contributed by atoms with van der Waals surface area (Å²) < 4.78 is 34.4. The van der Waals surface area contributed by atoms with Gasteiger partial charge >= 0.3 is 12.6 Å². The van der Waals surface area contributed by atoms with Gasteiger partial charge in [0.1, 0.15) is 16.4 Å². The van der Waals surface area contributed by atoms with E-state index in [-0.39, 0.29) is 17.5 Å². The number of benzene rings is 1. The molecule has 0 radical (unpaired) electrons. The Morgan fingerprint density at radius 3 is 2.58 bits per heavy atom. The van der Waals surface area contributed by atoms with Gasteiger partial charge in [0.25, 0.3) is 5.91 Å². The van der Waals surface area contributed by atoms with Gasteiger partial charge in [-0.1, -0.05) is 0 Å². The van der Waals surface area contributed by atoms with Gasteiger partial charge in [-0.15, -0.1) is 11.3 Å². The number of aromatic amines is 1. The van der Waals surface area contributed by atoms with Gasteiger partial charge in [-0.25, -0.2) is 4.79 Å². The number of aryl methyl sites for hydroxylation is 1. The van der Waals surface area contributed by atoms with Crippen LogP contribution in [0.4, 0.5) is 13.8 Å². The predicted octanol–water partition coefficient (Wildman–Crippen LogP) is 5.44. The molecule has 0 saturated heterocycles. The lowest BCUT2D eigenvalue weighted by Gasteiger charge is -2.14. The van der Waals surface area contributed by atoms with Crippen LogP contribution in [0.3, 0.4) is 0 Å². The van der Waals surface area contributed by atoms with Crippen LogP contribution in [0, 0.1) is 0 Å². The number of hydrogen-bond donors (Lipinski definition) is 2. The molecule has 0 saturated carbocycles. The summed E-state index contributed by atoms with van der Waals surface area (Å²) in [5, 5.41) is 10.1. The van der Waals surface area contributed by atoms with E-state index >= 15 is 0 Å². The van der Waals surface area contributed by atoms with Crippen LogP contribution in [0.2, 0.25) is 0 Å². The molecule has 4 rings (SSSR count). The van der Waals surface area contributed by atoms with Crippen LogP contribution in [0.1, 0.15) is 58.0 Å². The lowest BCUT2D eigenvalue weighted by Crippen LogP contribution is -2.18. The van der Waals surface area contributed by atoms with Crippen LogP contribution in [0.5, 0.6) is 5.75 Å². The Bertz CT molecular complexity index is 1160. The van der Waals surface area contributed by atoms with E-state index in [1.807, 2.05) is 0 Å². The molecular weight excluding hydrogens is 452 g/mol. The second-order valence-electron chi connectivity index (χ2n) is 7.89. The fourth-order valence-electron chi connectivity index (χ4n) is 3.71. The minimum Gasteiger partial charge on any atom is -0.459 e. The van der Waals surface area contributed by atoms with Crippen LogP contribution >= 0.6 is 11.3 Å². The molecule has 174 valence electrons. The van der Waals surface area contributed by atoms with Crippen molar-refractivity contribution < 1.29 is 27.8 Å². The number of halogens is 2. The fraction of sp³-hybridized carbons (Fsp3) is 0.348. The van der Waals surface area contributed by atoms with Gasteiger partial charge in [0.05, 0.1) is 17.4 Å². The van der Waals surface area contributed by atoms with Crippen molar-refractivity contribution in [2.24, 2.45) is 0 Å². The molecule has 1 aliphatic carbocycles. The smallest absolute Gasteiger partial charge is 0.387 e. The van der Waals surface area contributed by atoms with Gasteiger partial charge in [0, 0.05) is 10.4 Å². The van der Waals surface area contributed by atoms with E-state index in [1.165, 1.54) is 23.5 Å². The highest BCUT2D eigenvalue weighted by molar-refractivity contribution is 7.17. The molecule has 2 heterocycles. The van der Waals surface area contributed by atoms with Gasteiger partial charge in [-0.3, -0.25) is 9.89 Å². The summed E-state index contributed by atoms with van der Waals surface area (Å²) in [4.78, 5) is 26.8. The molecule has 0 unspecified atom stereocenters. The van der Waals surface area contributed by atoms with Crippen LogP contribution in [0.25, 0.3) is 11.3 Å². The maximum Gasteiger partial charge on any atom is 0.387 e. The molecule has 10 heteroatoms. The molecule has 0 spiro atoms. The second-order valence-corrected chi connectivity index (χ2v) is 9.00. The number of carbonyl (C=O) groups is 2. The van der Waals surface area contributed by atoms with Crippen molar-refractivity contribution in [1.29, 1.82) is 0 Å². The van der Waals surface area contributed by atoms with Crippen molar-refractivity contribution in [1.82, 2.24) is 10.2 Å². The molecule has 33 heavy (non-hydrogen) atoms. The number of anilines is 1. The van der Waals surface area contributed by atoms with Crippen molar-refractivity contribution >= 4 is 28.2 Å². The van der Waals surface area contributed by atoms with E-state index in [0.29, 0.717) is 21.8 Å². The van der Waals surface area contributed by atoms with Crippen LogP contribution in [-0.4, -0.2) is 34.8 Å². The molecule has 7 nitrogen and oxygen atoms in total. The topological polar surface area (TPSA) is 93.3 Å². The Kier molecular flexibility index (Phi) is 6.73. The first-order valence-electron chi connectivity index (χ1n) is 10.6. The molecule has 1 amide bonds. The zero-order valence-corrected chi connectivity index (χ0v) is 18.9. The highest BCUT2D eigenvalue weighted by atomic mass is 32.1. The molecule has 0 atom stereocenters. The Hall–Kier alpha value is -3.27. The third-order valence-corrected chi connectivity index (χ3v) is 6.35. The minimum atomic E-state index is -2.90. The largest absolute Gasteiger partial charge is 0.459 e. The molecule has 1 aromatic carbocycles. The van der Waals surface area contributed by atoms with Gasteiger partial charge in [0.15, 0.2) is 0 Å². The van der Waals surface area contributed by atoms with E-state index in [4.69, 9.17) is 4.74 Å². The van der Waals surface area contributed by atoms with Crippen LogP contribution in [-0.2, 0) is 17.6 Å². The van der Waals surface area contributed by atoms with Crippen molar-refractivity contribution in [3.05, 3.63) is 52.0 Å². The third kappa shape index (κ3) is 5.22. The molecule has 0 fully saturated rings. The number of nitrogens with one attached hydrogen (secondary N) is 2. The summed E-state index contributed by atoms with van der Waals surface area (Å²) in [6, 6.07) is 7.50. The number of esters is 1. The van der Waals surface area contributed by atoms with Crippen LogP contribution in [0.15, 0.2) is 30.3 Å². The van der Waals surface area contributed by atoms with Gasteiger partial charge in [-0.2, -0.15) is 13.9 Å². The van der Waals surface area contributed by atoms with Crippen molar-refractivity contribution in [2.45, 2.75) is 52.2 Å². The van der Waals surface area contributed by atoms with Crippen molar-refractivity contribution in [3.8, 4) is 17.0 Å². The number of amides is 1. The van der Waals surface area contributed by atoms with Gasteiger partial charge in [0.2, 0.25) is 0 Å². The number of H-pyrrole nitrogens is 1. The quantitative estimate of drug-likeness (QED) is 0.444. The Balaban J connectivity index is 1.54. The van der Waals surface area contributed by atoms with Crippen molar-refractivity contribution in [3.63, 3.8) is 0 Å². The normalized spacial score (nSPS) is 13.2. The maximum atomic E-state index is 12.9. The molecule has 1 aliphatic rings. The Morgan fingerprint density at radius 1 is 1.15 bits per heavy atom. The number of rotatable bonds is 7. The lowest BCUT2D eigenvalue weighted by molar-refractivity contribution is -0.0498. The Labute approximate surface area is 193 Å². The second kappa shape index (κ2) is 9.70. The molecule has 2 aromatic heterocycles. The summed E-state index contributed by atoms with van der Waals surface area (Å²) >= 11 is 1.41. The lowest BCUT2D eigenvalue weighted by atomic mass is 9.95. The zero-order chi connectivity index (χ0) is 23.5. The number of ether oxygens (including phenoxy) is 2. The predicted molar refractivity (Wildman–Crippen MR) is 120 cm³/mol. The highest BCUT2D eigenvalue weighted by Crippen LogP contribution is 2.39. The summed E-state index contributed by atoms with van der Waals surface area (Å²) in [7, 11) is 0. The minimum absolute atomic E-state index is 0.0322. The average Bonchev–Trinajstić information content (AvgIpc) is 3.38. The summed E-state index contributed by atoms with van der Waals surface area (Å²) in [6.45, 7) is 0.669. The maximum absolute atomic E-state index is 12.9. The summed E-state index contributed by atoms with van der Waals surface area (Å²) in [5.74, 6) is -0.843. The Morgan fingerprint density at radius 2 is 1.88 bits per heavy atom. The highest BCUT2D eigenvalue weighted by Gasteiger charge is 2.28. The number of alkyl halides is 2. The number of hydrogen-bond acceptors (Lipinski definition) is 6. The van der Waals surface area contributed by atoms with Crippen LogP contribution < -0.4 is 10.1 Å². The first kappa shape index (κ1) is 22.9. The van der Waals surface area contributed by atoms with E-state index in [9.17, 15) is 18.4 Å². The van der Waals surface area contributed by atoms with Gasteiger partial charge in [-0.05, 0) is 75.4 Å². The molecule has 2 N–H and O–H groups in total. The molecule has 0 aliphatic heterocycles. The summed E-state index contributed by atoms with van der Waals surface area (Å²) in [6.07, 6.45) is 3.42. The number of aromatic nitrogens is 2. The first-order chi connectivity index (χ1) is 15.8. The molecule has 0 bridgehead atoms. The first-order valence-corrected chi connectivity index (χ1v) is 11.4. The monoisotopic (exact) mass is 475 g/mol. The van der Waals surface area contributed by atoms with E-state index in [0.717, 1.165) is 36.1 Å². The standard InChI is InChI=1S/C23H23F2N3O4S/c1-12(2)31-22(30)19-15-5-3-4-6-18(15)33-21(19)26-20(29)17-11-16(27-28-17)13-7-9-14(10-8-13)32-23(24)25/h7-12,23H,3-6H2,1-2H3,(H,26,29)(H,27,28). The van der Waals surface area contributed by atoms with Crippen molar-refractivity contribution in [2.75, 3.05) is 5.32 Å². The number of thiophene rings is 1. The summed E-state index contributed by atoms with van der Waals surface area (Å²) in [5.41, 5.74) is 2.69. The molecule has 3 aromatic rings. The third-order valence-electron chi connectivity index (χ3n) is 5.14. The van der Waals surface area contributed by atoms with E-state index < -0.39 is 18.5 Å². The fourth-order valence-corrected chi connectivity index (χ4v) is 4.98. The van der Waals surface area contributed by atoms with Gasteiger partial charge < -0.3 is 14.8 Å². The number of carbonyl (C=O) groups excluding carboxylic acids is 2. The number of fused-ring (bicyclic) bond motifs is 1. The molecular formula is C23H23F2N3O4S. The van der Waals surface area contributed by atoms with E-state index in [1.54, 1.807) is 32.0 Å².